The molecule has 1 aromatic carbocycles. The van der Waals surface area contributed by atoms with E-state index in [1.165, 1.54) is 18.4 Å². The summed E-state index contributed by atoms with van der Waals surface area (Å²) in [5.74, 6) is 0.634. The van der Waals surface area contributed by atoms with Gasteiger partial charge in [-0.25, -0.2) is 0 Å². The van der Waals surface area contributed by atoms with Gasteiger partial charge in [-0.2, -0.15) is 0 Å². The van der Waals surface area contributed by atoms with Crippen molar-refractivity contribution < 1.29 is 10.2 Å². The van der Waals surface area contributed by atoms with E-state index in [0.29, 0.717) is 5.92 Å². The average Bonchev–Trinajstić information content (AvgIpc) is 3.21. The van der Waals surface area contributed by atoms with E-state index in [1.807, 2.05) is 25.1 Å². The summed E-state index contributed by atoms with van der Waals surface area (Å²) in [4.78, 5) is 0. The molecule has 94 valence electrons. The highest BCUT2D eigenvalue weighted by Crippen LogP contribution is 2.41. The second-order valence-corrected chi connectivity index (χ2v) is 5.25. The van der Waals surface area contributed by atoms with Crippen molar-refractivity contribution in [2.24, 2.45) is 5.92 Å². The van der Waals surface area contributed by atoms with Gasteiger partial charge in [0.05, 0.1) is 18.8 Å². The Morgan fingerprint density at radius 2 is 1.82 bits per heavy atom. The zero-order valence-corrected chi connectivity index (χ0v) is 10.3. The molecule has 2 rings (SSSR count). The molecule has 1 aromatic rings. The Balaban J connectivity index is 2.13. The molecule has 0 radical (unpaired) electrons. The minimum Gasteiger partial charge on any atom is -0.394 e. The van der Waals surface area contributed by atoms with Gasteiger partial charge in [0, 0.05) is 6.04 Å². The smallest absolute Gasteiger partial charge is 0.0633 e. The molecule has 1 fully saturated rings. The third-order valence-corrected chi connectivity index (χ3v) is 3.45. The minimum absolute atomic E-state index is 0.0560. The third-order valence-electron chi connectivity index (χ3n) is 3.45. The van der Waals surface area contributed by atoms with E-state index >= 15 is 0 Å². The van der Waals surface area contributed by atoms with Gasteiger partial charge in [0.2, 0.25) is 0 Å². The summed E-state index contributed by atoms with van der Waals surface area (Å²) >= 11 is 0. The molecule has 0 aromatic heterocycles. The average molecular weight is 235 g/mol. The summed E-state index contributed by atoms with van der Waals surface area (Å²) < 4.78 is 0. The summed E-state index contributed by atoms with van der Waals surface area (Å²) in [7, 11) is 0. The van der Waals surface area contributed by atoms with Crippen LogP contribution in [0.1, 0.15) is 31.4 Å². The third kappa shape index (κ3) is 3.06. The minimum atomic E-state index is -0.608. The highest BCUT2D eigenvalue weighted by molar-refractivity contribution is 5.21. The molecule has 3 N–H and O–H groups in total. The summed E-state index contributed by atoms with van der Waals surface area (Å²) in [6.07, 6.45) is 2.44. The molecule has 17 heavy (non-hydrogen) atoms. The van der Waals surface area contributed by atoms with Crippen LogP contribution in [-0.4, -0.2) is 29.0 Å². The molecule has 0 amide bonds. The molecule has 3 nitrogen and oxygen atoms in total. The monoisotopic (exact) mass is 235 g/mol. The summed E-state index contributed by atoms with van der Waals surface area (Å²) in [6.45, 7) is 1.74. The lowest BCUT2D eigenvalue weighted by Crippen LogP contribution is -2.51. The number of hydrogen-bond donors (Lipinski definition) is 3. The molecule has 1 saturated carbocycles. The number of nitrogens with one attached hydrogen (secondary N) is 1. The van der Waals surface area contributed by atoms with Crippen LogP contribution in [0.5, 0.6) is 0 Å². The van der Waals surface area contributed by atoms with Crippen LogP contribution in [-0.2, 0) is 0 Å². The molecule has 1 atom stereocenters. The van der Waals surface area contributed by atoms with Crippen molar-refractivity contribution in [3.05, 3.63) is 35.9 Å². The van der Waals surface area contributed by atoms with Gasteiger partial charge >= 0.3 is 0 Å². The van der Waals surface area contributed by atoms with Crippen LogP contribution in [0.4, 0.5) is 0 Å². The fraction of sp³-hybridized carbons (Fsp3) is 0.571. The Bertz CT molecular complexity index is 344. The molecule has 1 aliphatic rings. The SMILES string of the molecule is CC(CO)(CO)NC(c1ccccc1)C1CC1. The summed E-state index contributed by atoms with van der Waals surface area (Å²) in [5.41, 5.74) is 0.631. The molecule has 0 saturated heterocycles. The van der Waals surface area contributed by atoms with Crippen LogP contribution in [0.25, 0.3) is 0 Å². The van der Waals surface area contributed by atoms with Gasteiger partial charge in [-0.3, -0.25) is 0 Å². The first-order chi connectivity index (χ1) is 8.18. The standard InChI is InChI=1S/C14H21NO2/c1-14(9-16,10-17)15-13(12-7-8-12)11-5-3-2-4-6-11/h2-6,12-13,15-17H,7-10H2,1H3. The Hall–Kier alpha value is -0.900. The topological polar surface area (TPSA) is 52.5 Å². The van der Waals surface area contributed by atoms with Crippen LogP contribution < -0.4 is 5.32 Å². The largest absolute Gasteiger partial charge is 0.394 e. The molecule has 0 bridgehead atoms. The Morgan fingerprint density at radius 1 is 1.24 bits per heavy atom. The van der Waals surface area contributed by atoms with Gasteiger partial charge in [0.15, 0.2) is 0 Å². The Labute approximate surface area is 102 Å². The number of benzene rings is 1. The number of aliphatic hydroxyl groups excluding tert-OH is 2. The van der Waals surface area contributed by atoms with E-state index < -0.39 is 5.54 Å². The Kier molecular flexibility index (Phi) is 3.82. The zero-order valence-electron chi connectivity index (χ0n) is 10.3. The summed E-state index contributed by atoms with van der Waals surface area (Å²) in [6, 6.07) is 10.5. The highest BCUT2D eigenvalue weighted by Gasteiger charge is 2.36. The van der Waals surface area contributed by atoms with Gasteiger partial charge in [-0.15, -0.1) is 0 Å². The molecular formula is C14H21NO2. The number of hydrogen-bond acceptors (Lipinski definition) is 3. The molecular weight excluding hydrogens is 214 g/mol. The molecule has 3 heteroatoms. The van der Waals surface area contributed by atoms with Crippen molar-refractivity contribution in [2.75, 3.05) is 13.2 Å². The van der Waals surface area contributed by atoms with Crippen molar-refractivity contribution in [1.82, 2.24) is 5.32 Å². The number of rotatable bonds is 6. The van der Waals surface area contributed by atoms with Crippen LogP contribution in [0.2, 0.25) is 0 Å². The van der Waals surface area contributed by atoms with Crippen molar-refractivity contribution in [1.29, 1.82) is 0 Å². The first kappa shape index (κ1) is 12.6. The normalized spacial score (nSPS) is 18.1. The van der Waals surface area contributed by atoms with Crippen molar-refractivity contribution in [2.45, 2.75) is 31.3 Å². The second kappa shape index (κ2) is 5.17. The van der Waals surface area contributed by atoms with Crippen LogP contribution in [0.15, 0.2) is 30.3 Å². The van der Waals surface area contributed by atoms with E-state index in [9.17, 15) is 10.2 Å². The van der Waals surface area contributed by atoms with Gasteiger partial charge in [-0.1, -0.05) is 30.3 Å². The Morgan fingerprint density at radius 3 is 2.29 bits per heavy atom. The van der Waals surface area contributed by atoms with Crippen molar-refractivity contribution >= 4 is 0 Å². The maximum absolute atomic E-state index is 9.36. The van der Waals surface area contributed by atoms with E-state index in [1.54, 1.807) is 0 Å². The molecule has 1 unspecified atom stereocenters. The first-order valence-corrected chi connectivity index (χ1v) is 6.23. The van der Waals surface area contributed by atoms with E-state index in [0.717, 1.165) is 0 Å². The van der Waals surface area contributed by atoms with E-state index in [2.05, 4.69) is 17.4 Å². The lowest BCUT2D eigenvalue weighted by atomic mass is 9.97. The molecule has 0 spiro atoms. The fourth-order valence-electron chi connectivity index (χ4n) is 2.08. The molecule has 1 aliphatic carbocycles. The van der Waals surface area contributed by atoms with Crippen molar-refractivity contribution in [3.63, 3.8) is 0 Å². The lowest BCUT2D eigenvalue weighted by molar-refractivity contribution is 0.0909. The fourth-order valence-corrected chi connectivity index (χ4v) is 2.08. The maximum atomic E-state index is 9.36. The predicted octanol–water partition coefficient (Wildman–Crippen LogP) is 1.47. The van der Waals surface area contributed by atoms with Crippen LogP contribution >= 0.6 is 0 Å². The summed E-state index contributed by atoms with van der Waals surface area (Å²) in [5, 5.41) is 22.1. The lowest BCUT2D eigenvalue weighted by Gasteiger charge is -2.32. The van der Waals surface area contributed by atoms with Gasteiger partial charge in [0.25, 0.3) is 0 Å². The quantitative estimate of drug-likeness (QED) is 0.700. The van der Waals surface area contributed by atoms with E-state index in [-0.39, 0.29) is 19.3 Å². The molecule has 0 aliphatic heterocycles. The van der Waals surface area contributed by atoms with Crippen LogP contribution in [0.3, 0.4) is 0 Å². The number of aliphatic hydroxyl groups is 2. The highest BCUT2D eigenvalue weighted by atomic mass is 16.3. The second-order valence-electron chi connectivity index (χ2n) is 5.25. The van der Waals surface area contributed by atoms with Gasteiger partial charge in [-0.05, 0) is 31.2 Å². The zero-order chi connectivity index (χ0) is 12.3. The molecule has 0 heterocycles. The van der Waals surface area contributed by atoms with Gasteiger partial charge in [0.1, 0.15) is 0 Å². The predicted molar refractivity (Wildman–Crippen MR) is 67.6 cm³/mol. The maximum Gasteiger partial charge on any atom is 0.0633 e. The van der Waals surface area contributed by atoms with E-state index in [4.69, 9.17) is 0 Å². The van der Waals surface area contributed by atoms with Crippen LogP contribution in [0, 0.1) is 5.92 Å². The van der Waals surface area contributed by atoms with Crippen molar-refractivity contribution in [3.8, 4) is 0 Å². The van der Waals surface area contributed by atoms with Gasteiger partial charge < -0.3 is 15.5 Å². The first-order valence-electron chi connectivity index (χ1n) is 6.23.